The lowest BCUT2D eigenvalue weighted by atomic mass is 10.2. The van der Waals surface area contributed by atoms with Crippen molar-refractivity contribution in [2.24, 2.45) is 5.73 Å². The highest BCUT2D eigenvalue weighted by Gasteiger charge is 2.18. The van der Waals surface area contributed by atoms with Crippen molar-refractivity contribution in [3.63, 3.8) is 0 Å². The molecule has 0 aliphatic heterocycles. The molecular weight excluding hydrogens is 256 g/mol. The number of hydrogen-bond donors (Lipinski definition) is 3. The molecule has 0 aliphatic rings. The van der Waals surface area contributed by atoms with Gasteiger partial charge in [0.1, 0.15) is 0 Å². The summed E-state index contributed by atoms with van der Waals surface area (Å²) in [4.78, 5) is 10.9. The quantitative estimate of drug-likeness (QED) is 0.668. The summed E-state index contributed by atoms with van der Waals surface area (Å²) in [5.74, 6) is -0.617. The van der Waals surface area contributed by atoms with Crippen LogP contribution in [0.5, 0.6) is 0 Å². The highest BCUT2D eigenvalue weighted by atomic mass is 32.2. The Kier molecular flexibility index (Phi) is 4.83. The van der Waals surface area contributed by atoms with Crippen molar-refractivity contribution in [2.75, 3.05) is 6.61 Å². The van der Waals surface area contributed by atoms with Crippen molar-refractivity contribution < 1.29 is 18.3 Å². The summed E-state index contributed by atoms with van der Waals surface area (Å²) in [7, 11) is -3.69. The lowest BCUT2D eigenvalue weighted by molar-refractivity contribution is 0.1000. The van der Waals surface area contributed by atoms with E-state index in [1.165, 1.54) is 24.3 Å². The molecule has 0 bridgehead atoms. The van der Waals surface area contributed by atoms with E-state index in [4.69, 9.17) is 10.8 Å². The molecule has 0 saturated heterocycles. The second-order valence-electron chi connectivity index (χ2n) is 3.80. The maximum atomic E-state index is 11.9. The van der Waals surface area contributed by atoms with Crippen LogP contribution in [0.4, 0.5) is 0 Å². The topological polar surface area (TPSA) is 109 Å². The van der Waals surface area contributed by atoms with Crippen molar-refractivity contribution in [2.45, 2.75) is 24.3 Å². The maximum absolute atomic E-state index is 11.9. The van der Waals surface area contributed by atoms with Gasteiger partial charge in [-0.15, -0.1) is 0 Å². The van der Waals surface area contributed by atoms with Crippen LogP contribution in [0, 0.1) is 0 Å². The zero-order valence-electron chi connectivity index (χ0n) is 9.96. The van der Waals surface area contributed by atoms with Gasteiger partial charge in [0.2, 0.25) is 15.9 Å². The average Bonchev–Trinajstić information content (AvgIpc) is 2.36. The van der Waals surface area contributed by atoms with Crippen LogP contribution < -0.4 is 10.5 Å². The summed E-state index contributed by atoms with van der Waals surface area (Å²) < 4.78 is 26.2. The van der Waals surface area contributed by atoms with E-state index in [0.29, 0.717) is 6.42 Å². The van der Waals surface area contributed by atoms with Gasteiger partial charge in [-0.1, -0.05) is 6.92 Å². The largest absolute Gasteiger partial charge is 0.395 e. The first-order valence-corrected chi connectivity index (χ1v) is 6.92. The van der Waals surface area contributed by atoms with Gasteiger partial charge < -0.3 is 10.8 Å². The van der Waals surface area contributed by atoms with Gasteiger partial charge >= 0.3 is 0 Å². The third-order valence-corrected chi connectivity index (χ3v) is 4.02. The van der Waals surface area contributed by atoms with Crippen LogP contribution in [0.15, 0.2) is 29.2 Å². The van der Waals surface area contributed by atoms with E-state index in [1.807, 2.05) is 0 Å². The van der Waals surface area contributed by atoms with E-state index in [0.717, 1.165) is 0 Å². The average molecular weight is 272 g/mol. The van der Waals surface area contributed by atoms with E-state index in [9.17, 15) is 13.2 Å². The van der Waals surface area contributed by atoms with Crippen LogP contribution in [-0.4, -0.2) is 32.1 Å². The van der Waals surface area contributed by atoms with Gasteiger partial charge in [-0.25, -0.2) is 13.1 Å². The Bertz CT molecular complexity index is 506. The Balaban J connectivity index is 2.95. The van der Waals surface area contributed by atoms with Crippen LogP contribution in [-0.2, 0) is 10.0 Å². The number of hydrogen-bond acceptors (Lipinski definition) is 4. The van der Waals surface area contributed by atoms with Gasteiger partial charge in [0, 0.05) is 11.6 Å². The fraction of sp³-hybridized carbons (Fsp3) is 0.364. The Labute approximate surface area is 106 Å². The summed E-state index contributed by atoms with van der Waals surface area (Å²) in [6.45, 7) is 1.49. The molecule has 0 aliphatic carbocycles. The monoisotopic (exact) mass is 272 g/mol. The minimum absolute atomic E-state index is 0.0272. The normalized spacial score (nSPS) is 13.2. The van der Waals surface area contributed by atoms with Gasteiger partial charge in [0.15, 0.2) is 0 Å². The number of carbonyl (C=O) groups excluding carboxylic acids is 1. The molecule has 1 atom stereocenters. The molecule has 0 heterocycles. The second-order valence-corrected chi connectivity index (χ2v) is 5.51. The molecule has 0 unspecified atom stereocenters. The minimum Gasteiger partial charge on any atom is -0.395 e. The number of sulfonamides is 1. The fourth-order valence-corrected chi connectivity index (χ4v) is 2.65. The predicted octanol–water partition coefficient (Wildman–Crippen LogP) is -0.165. The molecule has 0 aromatic heterocycles. The molecule has 1 aromatic rings. The highest BCUT2D eigenvalue weighted by Crippen LogP contribution is 2.11. The van der Waals surface area contributed by atoms with Gasteiger partial charge in [-0.05, 0) is 30.7 Å². The van der Waals surface area contributed by atoms with E-state index >= 15 is 0 Å². The third-order valence-electron chi connectivity index (χ3n) is 2.48. The van der Waals surface area contributed by atoms with E-state index in [2.05, 4.69) is 4.72 Å². The molecule has 6 nitrogen and oxygen atoms in total. The molecule has 100 valence electrons. The lowest BCUT2D eigenvalue weighted by Gasteiger charge is -2.14. The summed E-state index contributed by atoms with van der Waals surface area (Å²) in [5, 5.41) is 8.97. The zero-order valence-corrected chi connectivity index (χ0v) is 10.8. The lowest BCUT2D eigenvalue weighted by Crippen LogP contribution is -2.36. The second kappa shape index (κ2) is 5.94. The van der Waals surface area contributed by atoms with Gasteiger partial charge in [0.05, 0.1) is 11.5 Å². The number of nitrogens with two attached hydrogens (primary N) is 1. The van der Waals surface area contributed by atoms with Crippen LogP contribution in [0.2, 0.25) is 0 Å². The number of carbonyl (C=O) groups is 1. The third kappa shape index (κ3) is 3.52. The molecule has 1 aromatic carbocycles. The smallest absolute Gasteiger partial charge is 0.248 e. The molecule has 0 spiro atoms. The molecule has 0 fully saturated rings. The van der Waals surface area contributed by atoms with Crippen LogP contribution in [0.1, 0.15) is 23.7 Å². The minimum atomic E-state index is -3.69. The summed E-state index contributed by atoms with van der Waals surface area (Å²) in [5.41, 5.74) is 5.30. The maximum Gasteiger partial charge on any atom is 0.248 e. The molecule has 0 saturated carbocycles. The van der Waals surface area contributed by atoms with Crippen molar-refractivity contribution >= 4 is 15.9 Å². The van der Waals surface area contributed by atoms with Crippen molar-refractivity contribution in [3.8, 4) is 0 Å². The first kappa shape index (κ1) is 14.6. The molecule has 0 radical (unpaired) electrons. The number of aliphatic hydroxyl groups is 1. The number of benzene rings is 1. The first-order chi connectivity index (χ1) is 8.40. The molecule has 1 rings (SSSR count). The fourth-order valence-electron chi connectivity index (χ4n) is 1.34. The number of aliphatic hydroxyl groups excluding tert-OH is 1. The Morgan fingerprint density at radius 1 is 1.39 bits per heavy atom. The molecule has 7 heteroatoms. The van der Waals surface area contributed by atoms with Gasteiger partial charge in [0.25, 0.3) is 0 Å². The zero-order chi connectivity index (χ0) is 13.8. The SMILES string of the molecule is CC[C@@H](CO)NS(=O)(=O)c1ccc(C(N)=O)cc1. The van der Waals surface area contributed by atoms with Crippen LogP contribution in [0.25, 0.3) is 0 Å². The number of nitrogens with one attached hydrogen (secondary N) is 1. The Hall–Kier alpha value is -1.44. The summed E-state index contributed by atoms with van der Waals surface area (Å²) >= 11 is 0. The van der Waals surface area contributed by atoms with Crippen molar-refractivity contribution in [3.05, 3.63) is 29.8 Å². The Morgan fingerprint density at radius 2 is 1.94 bits per heavy atom. The first-order valence-electron chi connectivity index (χ1n) is 5.43. The molecule has 18 heavy (non-hydrogen) atoms. The molecular formula is C11H16N2O4S. The molecule has 4 N–H and O–H groups in total. The summed E-state index contributed by atoms with van der Waals surface area (Å²) in [6.07, 6.45) is 0.481. The predicted molar refractivity (Wildman–Crippen MR) is 66.4 cm³/mol. The van der Waals surface area contributed by atoms with Crippen LogP contribution >= 0.6 is 0 Å². The van der Waals surface area contributed by atoms with E-state index in [1.54, 1.807) is 6.92 Å². The van der Waals surface area contributed by atoms with Gasteiger partial charge in [-0.2, -0.15) is 0 Å². The van der Waals surface area contributed by atoms with E-state index in [-0.39, 0.29) is 17.1 Å². The standard InChI is InChI=1S/C11H16N2O4S/c1-2-9(7-14)13-18(16,17)10-5-3-8(4-6-10)11(12)15/h3-6,9,13-14H,2,7H2,1H3,(H2,12,15)/t9-/m0/s1. The number of primary amides is 1. The number of rotatable bonds is 6. The Morgan fingerprint density at radius 3 is 2.33 bits per heavy atom. The van der Waals surface area contributed by atoms with Gasteiger partial charge in [-0.3, -0.25) is 4.79 Å². The van der Waals surface area contributed by atoms with Crippen LogP contribution in [0.3, 0.4) is 0 Å². The highest BCUT2D eigenvalue weighted by molar-refractivity contribution is 7.89. The van der Waals surface area contributed by atoms with Crippen molar-refractivity contribution in [1.82, 2.24) is 4.72 Å². The van der Waals surface area contributed by atoms with Crippen molar-refractivity contribution in [1.29, 1.82) is 0 Å². The summed E-state index contributed by atoms with van der Waals surface area (Å²) in [6, 6.07) is 4.76. The van der Waals surface area contributed by atoms with E-state index < -0.39 is 22.0 Å². The number of amides is 1. The molecule has 1 amide bonds.